The van der Waals surface area contributed by atoms with Gasteiger partial charge in [-0.1, -0.05) is 11.8 Å². The Bertz CT molecular complexity index is 1150. The molecule has 1 N–H and O–H groups in total. The number of amides is 1. The summed E-state index contributed by atoms with van der Waals surface area (Å²) in [6.07, 6.45) is -3.62. The number of hydrogen-bond donors (Lipinski definition) is 1. The van der Waals surface area contributed by atoms with Crippen LogP contribution in [-0.4, -0.2) is 39.2 Å². The van der Waals surface area contributed by atoms with E-state index in [9.17, 15) is 22.8 Å². The quantitative estimate of drug-likeness (QED) is 0.319. The van der Waals surface area contributed by atoms with E-state index in [1.54, 1.807) is 6.92 Å². The number of nitrogens with one attached hydrogen (secondary N) is 1. The molecule has 0 aliphatic heterocycles. The number of carbonyl (C=O) groups is 2. The molecule has 0 atom stereocenters. The van der Waals surface area contributed by atoms with Gasteiger partial charge in [0.05, 0.1) is 18.0 Å². The normalized spacial score (nSPS) is 11.5. The van der Waals surface area contributed by atoms with E-state index in [0.29, 0.717) is 10.2 Å². The number of aryl methyl sites for hydroxylation is 2. The molecule has 0 radical (unpaired) electrons. The third kappa shape index (κ3) is 5.31. The Morgan fingerprint density at radius 2 is 2.00 bits per heavy atom. The van der Waals surface area contributed by atoms with Crippen LogP contribution in [0.3, 0.4) is 0 Å². The molecule has 0 fully saturated rings. The topological polar surface area (TPSA) is 94.1 Å². The highest BCUT2D eigenvalue weighted by Crippen LogP contribution is 2.38. The second-order valence-corrected chi connectivity index (χ2v) is 8.29. The lowest BCUT2D eigenvalue weighted by Crippen LogP contribution is -2.17. The van der Waals surface area contributed by atoms with E-state index in [-0.39, 0.29) is 28.1 Å². The lowest BCUT2D eigenvalue weighted by molar-refractivity contribution is -0.141. The van der Waals surface area contributed by atoms with Crippen molar-refractivity contribution in [1.29, 1.82) is 0 Å². The number of alkyl halides is 3. The summed E-state index contributed by atoms with van der Waals surface area (Å²) >= 11 is 1.86. The molecule has 0 aliphatic rings. The van der Waals surface area contributed by atoms with Gasteiger partial charge in [0, 0.05) is 17.3 Å². The summed E-state index contributed by atoms with van der Waals surface area (Å²) in [7, 11) is 0. The molecular formula is C19H17F3N4O3S2. The number of anilines is 1. The van der Waals surface area contributed by atoms with Gasteiger partial charge in [-0.05, 0) is 38.5 Å². The maximum atomic E-state index is 12.8. The van der Waals surface area contributed by atoms with Gasteiger partial charge in [-0.25, -0.2) is 19.7 Å². The number of rotatable bonds is 6. The van der Waals surface area contributed by atoms with Crippen molar-refractivity contribution in [3.63, 3.8) is 0 Å². The van der Waals surface area contributed by atoms with Gasteiger partial charge in [0.25, 0.3) is 0 Å². The number of pyridine rings is 1. The first kappa shape index (κ1) is 22.9. The fourth-order valence-electron chi connectivity index (χ4n) is 2.78. The van der Waals surface area contributed by atoms with Crippen LogP contribution in [-0.2, 0) is 15.7 Å². The van der Waals surface area contributed by atoms with Gasteiger partial charge in [0.1, 0.15) is 15.4 Å². The Morgan fingerprint density at radius 3 is 2.68 bits per heavy atom. The summed E-state index contributed by atoms with van der Waals surface area (Å²) in [5, 5.41) is 3.12. The van der Waals surface area contributed by atoms with E-state index in [0.717, 1.165) is 46.6 Å². The van der Waals surface area contributed by atoms with Gasteiger partial charge in [-0.2, -0.15) is 13.2 Å². The maximum Gasteiger partial charge on any atom is 0.433 e. The highest BCUT2D eigenvalue weighted by atomic mass is 32.2. The summed E-state index contributed by atoms with van der Waals surface area (Å²) in [4.78, 5) is 37.3. The van der Waals surface area contributed by atoms with Gasteiger partial charge >= 0.3 is 12.1 Å². The molecule has 3 aromatic heterocycles. The standard InChI is InChI=1S/C19H17F3N4O3S2/c1-4-29-17(28)15-14(13-9(2)7-10(3)24-16(13)31-15)26-12(27)8-30-18-23-6-5-11(25-18)19(20,21)22/h5-7H,4,8H2,1-3H3,(H,26,27). The van der Waals surface area contributed by atoms with Crippen molar-refractivity contribution in [2.45, 2.75) is 32.1 Å². The fourth-order valence-corrected chi connectivity index (χ4v) is 4.55. The molecule has 0 saturated heterocycles. The van der Waals surface area contributed by atoms with Gasteiger partial charge in [0.15, 0.2) is 5.16 Å². The van der Waals surface area contributed by atoms with Crippen LogP contribution in [0.5, 0.6) is 0 Å². The molecule has 0 saturated carbocycles. The Labute approximate surface area is 183 Å². The molecule has 3 rings (SSSR count). The van der Waals surface area contributed by atoms with E-state index in [4.69, 9.17) is 4.74 Å². The molecule has 3 heterocycles. The minimum absolute atomic E-state index is 0.161. The predicted octanol–water partition coefficient (Wildman–Crippen LogP) is 4.63. The SMILES string of the molecule is CCOC(=O)c1sc2nc(C)cc(C)c2c1NC(=O)CSc1nccc(C(F)(F)F)n1. The number of nitrogens with zero attached hydrogens (tertiary/aromatic N) is 3. The van der Waals surface area contributed by atoms with E-state index in [2.05, 4.69) is 20.3 Å². The number of halogens is 3. The Kier molecular flexibility index (Phi) is 6.80. The smallest absolute Gasteiger partial charge is 0.433 e. The highest BCUT2D eigenvalue weighted by Gasteiger charge is 2.33. The van der Waals surface area contributed by atoms with Crippen LogP contribution in [0.1, 0.15) is 33.5 Å². The zero-order valence-electron chi connectivity index (χ0n) is 16.7. The van der Waals surface area contributed by atoms with Gasteiger partial charge in [0.2, 0.25) is 5.91 Å². The summed E-state index contributed by atoms with van der Waals surface area (Å²) < 4.78 is 43.5. The summed E-state index contributed by atoms with van der Waals surface area (Å²) in [6, 6.07) is 2.58. The van der Waals surface area contributed by atoms with Crippen LogP contribution in [0, 0.1) is 13.8 Å². The first-order valence-electron chi connectivity index (χ1n) is 9.01. The Hall–Kier alpha value is -2.73. The van der Waals surface area contributed by atoms with Crippen LogP contribution in [0.15, 0.2) is 23.5 Å². The molecule has 0 bridgehead atoms. The second kappa shape index (κ2) is 9.18. The molecule has 0 aromatic carbocycles. The average Bonchev–Trinajstić information content (AvgIpc) is 3.04. The number of esters is 1. The first-order valence-corrected chi connectivity index (χ1v) is 10.8. The number of fused-ring (bicyclic) bond motifs is 1. The number of carbonyl (C=O) groups excluding carboxylic acids is 2. The van der Waals surface area contributed by atoms with E-state index in [1.807, 2.05) is 19.9 Å². The van der Waals surface area contributed by atoms with Crippen LogP contribution in [0.4, 0.5) is 18.9 Å². The zero-order chi connectivity index (χ0) is 22.8. The lowest BCUT2D eigenvalue weighted by Gasteiger charge is -2.09. The van der Waals surface area contributed by atoms with Crippen LogP contribution in [0.2, 0.25) is 0 Å². The Balaban J connectivity index is 1.84. The molecule has 1 amide bonds. The molecule has 12 heteroatoms. The van der Waals surface area contributed by atoms with Crippen molar-refractivity contribution in [3.05, 3.63) is 40.2 Å². The minimum Gasteiger partial charge on any atom is -0.462 e. The van der Waals surface area contributed by atoms with Crippen molar-refractivity contribution in [3.8, 4) is 0 Å². The monoisotopic (exact) mass is 470 g/mol. The summed E-state index contributed by atoms with van der Waals surface area (Å²) in [5.74, 6) is -1.37. The molecule has 3 aromatic rings. The van der Waals surface area contributed by atoms with E-state index < -0.39 is 23.7 Å². The molecule has 0 aliphatic carbocycles. The minimum atomic E-state index is -4.60. The van der Waals surface area contributed by atoms with Crippen molar-refractivity contribution in [2.24, 2.45) is 0 Å². The molecular weight excluding hydrogens is 453 g/mol. The van der Waals surface area contributed by atoms with Crippen molar-refractivity contribution >= 4 is 50.9 Å². The largest absolute Gasteiger partial charge is 0.462 e. The van der Waals surface area contributed by atoms with Crippen LogP contribution < -0.4 is 5.32 Å². The highest BCUT2D eigenvalue weighted by molar-refractivity contribution is 7.99. The summed E-state index contributed by atoms with van der Waals surface area (Å²) in [6.45, 7) is 5.48. The zero-order valence-corrected chi connectivity index (χ0v) is 18.3. The molecule has 0 spiro atoms. The van der Waals surface area contributed by atoms with E-state index >= 15 is 0 Å². The Morgan fingerprint density at radius 1 is 1.26 bits per heavy atom. The summed E-state index contributed by atoms with van der Waals surface area (Å²) in [5.41, 5.74) is 0.769. The third-order valence-corrected chi connectivity index (χ3v) is 5.89. The lowest BCUT2D eigenvalue weighted by atomic mass is 10.1. The van der Waals surface area contributed by atoms with Crippen LogP contribution in [0.25, 0.3) is 10.2 Å². The van der Waals surface area contributed by atoms with E-state index in [1.165, 1.54) is 0 Å². The third-order valence-electron chi connectivity index (χ3n) is 3.97. The predicted molar refractivity (Wildman–Crippen MR) is 111 cm³/mol. The maximum absolute atomic E-state index is 12.8. The number of thiophene rings is 1. The first-order chi connectivity index (χ1) is 14.6. The molecule has 164 valence electrons. The number of hydrogen-bond acceptors (Lipinski definition) is 8. The second-order valence-electron chi connectivity index (χ2n) is 6.35. The fraction of sp³-hybridized carbons (Fsp3) is 0.316. The van der Waals surface area contributed by atoms with Crippen molar-refractivity contribution in [1.82, 2.24) is 15.0 Å². The van der Waals surface area contributed by atoms with Gasteiger partial charge < -0.3 is 10.1 Å². The van der Waals surface area contributed by atoms with Crippen molar-refractivity contribution in [2.75, 3.05) is 17.7 Å². The number of aromatic nitrogens is 3. The average molecular weight is 470 g/mol. The molecule has 7 nitrogen and oxygen atoms in total. The number of ether oxygens (including phenoxy) is 1. The molecule has 0 unspecified atom stereocenters. The van der Waals surface area contributed by atoms with Gasteiger partial charge in [-0.3, -0.25) is 4.79 Å². The molecule has 31 heavy (non-hydrogen) atoms. The van der Waals surface area contributed by atoms with Crippen molar-refractivity contribution < 1.29 is 27.5 Å². The van der Waals surface area contributed by atoms with Crippen LogP contribution >= 0.6 is 23.1 Å². The van der Waals surface area contributed by atoms with Gasteiger partial charge in [-0.15, -0.1) is 11.3 Å². The number of thioether (sulfide) groups is 1.